The summed E-state index contributed by atoms with van der Waals surface area (Å²) in [5.41, 5.74) is 2.24. The fourth-order valence-corrected chi connectivity index (χ4v) is 2.09. The van der Waals surface area contributed by atoms with Crippen molar-refractivity contribution in [3.63, 3.8) is 0 Å². The second kappa shape index (κ2) is 5.85. The zero-order valence-electron chi connectivity index (χ0n) is 10.9. The van der Waals surface area contributed by atoms with E-state index in [4.69, 9.17) is 11.6 Å². The molecular weight excluding hydrogens is 260 g/mol. The normalized spacial score (nSPS) is 11.9. The number of rotatable bonds is 3. The van der Waals surface area contributed by atoms with E-state index in [1.165, 1.54) is 6.20 Å². The summed E-state index contributed by atoms with van der Waals surface area (Å²) in [6.45, 7) is 3.77. The maximum atomic E-state index is 12.1. The number of pyridine rings is 1. The van der Waals surface area contributed by atoms with E-state index < -0.39 is 0 Å². The first-order valence-electron chi connectivity index (χ1n) is 6.06. The lowest BCUT2D eigenvalue weighted by Crippen LogP contribution is -2.27. The Bertz CT molecular complexity index is 584. The van der Waals surface area contributed by atoms with Crippen LogP contribution >= 0.6 is 11.6 Å². The van der Waals surface area contributed by atoms with Gasteiger partial charge in [0, 0.05) is 11.9 Å². The number of amides is 1. The molecule has 0 radical (unpaired) electrons. The molecule has 2 aromatic rings. The van der Waals surface area contributed by atoms with Crippen molar-refractivity contribution in [1.82, 2.24) is 10.3 Å². The van der Waals surface area contributed by atoms with Crippen molar-refractivity contribution < 1.29 is 4.79 Å². The molecule has 98 valence electrons. The maximum Gasteiger partial charge on any atom is 0.254 e. The number of carbonyl (C=O) groups is 1. The third-order valence-corrected chi connectivity index (χ3v) is 3.19. The Hall–Kier alpha value is -1.87. The summed E-state index contributed by atoms with van der Waals surface area (Å²) < 4.78 is 0. The monoisotopic (exact) mass is 274 g/mol. The van der Waals surface area contributed by atoms with Crippen LogP contribution < -0.4 is 5.32 Å². The number of hydrogen-bond acceptors (Lipinski definition) is 2. The molecule has 0 unspecified atom stereocenters. The third kappa shape index (κ3) is 3.32. The van der Waals surface area contributed by atoms with Gasteiger partial charge < -0.3 is 5.32 Å². The molecule has 0 bridgehead atoms. The van der Waals surface area contributed by atoms with Gasteiger partial charge in [0.15, 0.2) is 0 Å². The van der Waals surface area contributed by atoms with Crippen LogP contribution in [0.15, 0.2) is 42.6 Å². The Kier molecular flexibility index (Phi) is 4.17. The largest absolute Gasteiger partial charge is 0.345 e. The zero-order valence-corrected chi connectivity index (χ0v) is 11.6. The minimum atomic E-state index is -0.214. The molecule has 1 aromatic heterocycles. The Balaban J connectivity index is 2.13. The number of aromatic nitrogens is 1. The van der Waals surface area contributed by atoms with Gasteiger partial charge in [0.25, 0.3) is 5.91 Å². The predicted molar refractivity (Wildman–Crippen MR) is 76.3 cm³/mol. The summed E-state index contributed by atoms with van der Waals surface area (Å²) in [5, 5.41) is 3.33. The summed E-state index contributed by atoms with van der Waals surface area (Å²) in [7, 11) is 0. The van der Waals surface area contributed by atoms with Gasteiger partial charge in [-0.3, -0.25) is 9.78 Å². The van der Waals surface area contributed by atoms with Gasteiger partial charge in [0.2, 0.25) is 0 Å². The molecule has 1 heterocycles. The van der Waals surface area contributed by atoms with Crippen molar-refractivity contribution in [2.75, 3.05) is 0 Å². The molecule has 3 nitrogen and oxygen atoms in total. The molecule has 0 aliphatic carbocycles. The van der Waals surface area contributed by atoms with Gasteiger partial charge in [0.05, 0.1) is 16.6 Å². The highest BCUT2D eigenvalue weighted by Crippen LogP contribution is 2.18. The average molecular weight is 275 g/mol. The van der Waals surface area contributed by atoms with Crippen molar-refractivity contribution in [3.8, 4) is 0 Å². The first kappa shape index (κ1) is 13.6. The van der Waals surface area contributed by atoms with Gasteiger partial charge in [-0.05, 0) is 25.5 Å². The van der Waals surface area contributed by atoms with Gasteiger partial charge in [-0.1, -0.05) is 41.9 Å². The molecule has 1 aromatic carbocycles. The minimum Gasteiger partial charge on any atom is -0.345 e. The zero-order chi connectivity index (χ0) is 13.8. The SMILES string of the molecule is Cc1cc(Cl)c(C(=O)N[C@H](C)c2ccccc2)cn1. The second-order valence-corrected chi connectivity index (χ2v) is 4.82. The summed E-state index contributed by atoms with van der Waals surface area (Å²) in [5.74, 6) is -0.214. The van der Waals surface area contributed by atoms with Crippen LogP contribution in [0.25, 0.3) is 0 Å². The van der Waals surface area contributed by atoms with Gasteiger partial charge in [0.1, 0.15) is 0 Å². The molecule has 0 saturated heterocycles. The first-order chi connectivity index (χ1) is 9.08. The molecule has 0 saturated carbocycles. The van der Waals surface area contributed by atoms with E-state index in [0.717, 1.165) is 11.3 Å². The number of nitrogens with one attached hydrogen (secondary N) is 1. The Morgan fingerprint density at radius 1 is 1.32 bits per heavy atom. The van der Waals surface area contributed by atoms with Crippen LogP contribution in [-0.4, -0.2) is 10.9 Å². The Morgan fingerprint density at radius 3 is 2.63 bits per heavy atom. The van der Waals surface area contributed by atoms with Crippen molar-refractivity contribution >= 4 is 17.5 Å². The lowest BCUT2D eigenvalue weighted by Gasteiger charge is -2.14. The van der Waals surface area contributed by atoms with Gasteiger partial charge in [-0.2, -0.15) is 0 Å². The maximum absolute atomic E-state index is 12.1. The predicted octanol–water partition coefficient (Wildman–Crippen LogP) is 3.53. The van der Waals surface area contributed by atoms with Gasteiger partial charge in [-0.25, -0.2) is 0 Å². The second-order valence-electron chi connectivity index (χ2n) is 4.41. The number of aryl methyl sites for hydroxylation is 1. The summed E-state index contributed by atoms with van der Waals surface area (Å²) in [4.78, 5) is 16.2. The molecule has 1 atom stereocenters. The van der Waals surface area contributed by atoms with Crippen LogP contribution in [0, 0.1) is 6.92 Å². The van der Waals surface area contributed by atoms with Crippen LogP contribution in [0.5, 0.6) is 0 Å². The van der Waals surface area contributed by atoms with Crippen molar-refractivity contribution in [3.05, 3.63) is 64.4 Å². The summed E-state index contributed by atoms with van der Waals surface area (Å²) >= 11 is 6.05. The van der Waals surface area contributed by atoms with E-state index in [9.17, 15) is 4.79 Å². The van der Waals surface area contributed by atoms with Crippen LogP contribution in [0.4, 0.5) is 0 Å². The summed E-state index contributed by atoms with van der Waals surface area (Å²) in [6.07, 6.45) is 1.50. The third-order valence-electron chi connectivity index (χ3n) is 2.88. The van der Waals surface area contributed by atoms with Gasteiger partial charge in [-0.15, -0.1) is 0 Å². The summed E-state index contributed by atoms with van der Waals surface area (Å²) in [6, 6.07) is 11.4. The van der Waals surface area contributed by atoms with Crippen LogP contribution in [0.3, 0.4) is 0 Å². The van der Waals surface area contributed by atoms with E-state index in [2.05, 4.69) is 10.3 Å². The number of carbonyl (C=O) groups excluding carboxylic acids is 1. The molecule has 2 rings (SSSR count). The molecule has 0 aliphatic heterocycles. The number of hydrogen-bond donors (Lipinski definition) is 1. The molecule has 19 heavy (non-hydrogen) atoms. The Labute approximate surface area is 117 Å². The van der Waals surface area contributed by atoms with E-state index in [1.54, 1.807) is 6.07 Å². The fraction of sp³-hybridized carbons (Fsp3) is 0.200. The Morgan fingerprint density at radius 2 is 2.00 bits per heavy atom. The quantitative estimate of drug-likeness (QED) is 0.930. The van der Waals surface area contributed by atoms with E-state index in [-0.39, 0.29) is 11.9 Å². The first-order valence-corrected chi connectivity index (χ1v) is 6.43. The standard InChI is InChI=1S/C15H15ClN2O/c1-10-8-14(16)13(9-17-10)15(19)18-11(2)12-6-4-3-5-7-12/h3-9,11H,1-2H3,(H,18,19)/t11-/m1/s1. The fourth-order valence-electron chi connectivity index (χ4n) is 1.79. The molecule has 0 fully saturated rings. The van der Waals surface area contributed by atoms with Crippen LogP contribution in [0.1, 0.15) is 34.6 Å². The van der Waals surface area contributed by atoms with Crippen molar-refractivity contribution in [2.45, 2.75) is 19.9 Å². The molecular formula is C15H15ClN2O. The van der Waals surface area contributed by atoms with Crippen molar-refractivity contribution in [1.29, 1.82) is 0 Å². The van der Waals surface area contributed by atoms with Crippen LogP contribution in [0.2, 0.25) is 5.02 Å². The molecule has 1 N–H and O–H groups in total. The molecule has 0 aliphatic rings. The van der Waals surface area contributed by atoms with E-state index in [0.29, 0.717) is 10.6 Å². The smallest absolute Gasteiger partial charge is 0.254 e. The van der Waals surface area contributed by atoms with Gasteiger partial charge >= 0.3 is 0 Å². The number of nitrogens with zero attached hydrogens (tertiary/aromatic N) is 1. The minimum absolute atomic E-state index is 0.0777. The molecule has 0 spiro atoms. The molecule has 1 amide bonds. The highest BCUT2D eigenvalue weighted by Gasteiger charge is 2.14. The van der Waals surface area contributed by atoms with E-state index in [1.807, 2.05) is 44.2 Å². The number of halogens is 1. The topological polar surface area (TPSA) is 42.0 Å². The van der Waals surface area contributed by atoms with Crippen molar-refractivity contribution in [2.24, 2.45) is 0 Å². The molecule has 4 heteroatoms. The lowest BCUT2D eigenvalue weighted by molar-refractivity contribution is 0.0939. The highest BCUT2D eigenvalue weighted by molar-refractivity contribution is 6.33. The lowest BCUT2D eigenvalue weighted by atomic mass is 10.1. The highest BCUT2D eigenvalue weighted by atomic mass is 35.5. The van der Waals surface area contributed by atoms with E-state index >= 15 is 0 Å². The average Bonchev–Trinajstić information content (AvgIpc) is 2.39. The number of benzene rings is 1. The van der Waals surface area contributed by atoms with Crippen LogP contribution in [-0.2, 0) is 0 Å².